The first-order chi connectivity index (χ1) is 11.4. The number of rotatable bonds is 14. The summed E-state index contributed by atoms with van der Waals surface area (Å²) in [5, 5.41) is 3.35. The quantitative estimate of drug-likeness (QED) is 0.257. The van der Waals surface area contributed by atoms with Crippen LogP contribution in [-0.2, 0) is 22.0 Å². The first-order valence-corrected chi connectivity index (χ1v) is 14.3. The summed E-state index contributed by atoms with van der Waals surface area (Å²) in [5.74, 6) is 0. The van der Waals surface area contributed by atoms with Gasteiger partial charge in [0.1, 0.15) is 6.26 Å². The van der Waals surface area contributed by atoms with Gasteiger partial charge in [-0.05, 0) is 12.2 Å². The van der Waals surface area contributed by atoms with Crippen LogP contribution in [0.3, 0.4) is 0 Å². The molecule has 0 aromatic carbocycles. The molecule has 1 aliphatic rings. The van der Waals surface area contributed by atoms with E-state index in [1.807, 2.05) is 6.08 Å². The zero-order valence-electron chi connectivity index (χ0n) is 15.8. The Hall–Kier alpha value is -0.297. The van der Waals surface area contributed by atoms with Crippen molar-refractivity contribution < 1.29 is 22.0 Å². The van der Waals surface area contributed by atoms with E-state index in [9.17, 15) is 0 Å². The van der Waals surface area contributed by atoms with Gasteiger partial charge in [-0.15, -0.1) is 0 Å². The summed E-state index contributed by atoms with van der Waals surface area (Å²) in [6.07, 6.45) is 24.8. The minimum atomic E-state index is -0.0720. The number of allylic oxidation sites excluding steroid dienone is 2. The van der Waals surface area contributed by atoms with Crippen molar-refractivity contribution in [2.45, 2.75) is 101 Å². The van der Waals surface area contributed by atoms with Gasteiger partial charge in [0, 0.05) is 6.20 Å². The van der Waals surface area contributed by atoms with Gasteiger partial charge >= 0.3 is 118 Å². The van der Waals surface area contributed by atoms with E-state index >= 15 is 0 Å². The van der Waals surface area contributed by atoms with Gasteiger partial charge in [-0.3, -0.25) is 0 Å². The van der Waals surface area contributed by atoms with E-state index in [0.717, 1.165) is 0 Å². The minimum absolute atomic E-state index is 0.0720. The summed E-state index contributed by atoms with van der Waals surface area (Å²) in [5.41, 5.74) is 2.52. The van der Waals surface area contributed by atoms with Gasteiger partial charge in [0.25, 0.3) is 0 Å². The predicted octanol–water partition coefficient (Wildman–Crippen LogP) is 7.18. The van der Waals surface area contributed by atoms with E-state index in [1.165, 1.54) is 64.2 Å². The van der Waals surface area contributed by atoms with Crippen LogP contribution in [-0.4, -0.2) is 0 Å². The number of hydrogen-bond donors (Lipinski definition) is 1. The van der Waals surface area contributed by atoms with Crippen molar-refractivity contribution in [2.75, 3.05) is 0 Å². The van der Waals surface area contributed by atoms with Gasteiger partial charge in [0.2, 0.25) is 0 Å². The Bertz CT molecular complexity index is 240. The SMILES string of the molecule is C1=CNOC=C1.CCCCCCC[CH2][Zn][CH2]CCCCCCC. The number of hydroxylamine groups is 1. The van der Waals surface area contributed by atoms with Gasteiger partial charge in [0.05, 0.1) is 0 Å². The zero-order valence-corrected chi connectivity index (χ0v) is 18.8. The Labute approximate surface area is 153 Å². The molecule has 0 spiro atoms. The molecule has 0 fully saturated rings. The molecule has 1 N–H and O–H groups in total. The molecule has 0 saturated carbocycles. The molecule has 0 aromatic rings. The molecule has 2 nitrogen and oxygen atoms in total. The van der Waals surface area contributed by atoms with E-state index in [2.05, 4.69) is 24.2 Å². The molecule has 0 aromatic heterocycles. The molecule has 23 heavy (non-hydrogen) atoms. The Morgan fingerprint density at radius 2 is 1.22 bits per heavy atom. The topological polar surface area (TPSA) is 21.3 Å². The molecule has 0 unspecified atom stereocenters. The van der Waals surface area contributed by atoms with Crippen LogP contribution in [0, 0.1) is 0 Å². The molecular formula is C20H39NOZn. The molecule has 0 bridgehead atoms. The molecule has 3 heteroatoms. The van der Waals surface area contributed by atoms with Gasteiger partial charge in [-0.25, -0.2) is 5.48 Å². The van der Waals surface area contributed by atoms with Gasteiger partial charge in [0.15, 0.2) is 0 Å². The van der Waals surface area contributed by atoms with Crippen LogP contribution in [0.1, 0.15) is 90.9 Å². The van der Waals surface area contributed by atoms with E-state index in [4.69, 9.17) is 0 Å². The maximum atomic E-state index is 4.55. The average Bonchev–Trinajstić information content (AvgIpc) is 2.61. The predicted molar refractivity (Wildman–Crippen MR) is 98.9 cm³/mol. The molecule has 0 atom stereocenters. The molecule has 0 amide bonds. The summed E-state index contributed by atoms with van der Waals surface area (Å²) < 4.78 is 0. The molecule has 1 rings (SSSR count). The Morgan fingerprint density at radius 3 is 1.57 bits per heavy atom. The van der Waals surface area contributed by atoms with E-state index in [0.29, 0.717) is 0 Å². The Morgan fingerprint density at radius 1 is 0.696 bits per heavy atom. The fraction of sp³-hybridized carbons (Fsp3) is 0.800. The van der Waals surface area contributed by atoms with Crippen molar-refractivity contribution >= 4 is 0 Å². The second-order valence-corrected chi connectivity index (χ2v) is 11.0. The van der Waals surface area contributed by atoms with Gasteiger partial charge in [-0.1, -0.05) is 0 Å². The van der Waals surface area contributed by atoms with E-state index in [-0.39, 0.29) is 17.1 Å². The van der Waals surface area contributed by atoms with E-state index in [1.54, 1.807) is 41.4 Å². The normalized spacial score (nSPS) is 11.9. The molecule has 0 saturated heterocycles. The van der Waals surface area contributed by atoms with Crippen molar-refractivity contribution in [1.82, 2.24) is 5.48 Å². The van der Waals surface area contributed by atoms with Crippen LogP contribution in [0.4, 0.5) is 0 Å². The van der Waals surface area contributed by atoms with Crippen molar-refractivity contribution in [3.63, 3.8) is 0 Å². The Kier molecular flexibility index (Phi) is 21.4. The standard InChI is InChI=1S/2C8H17.C4H5NO.Zn/c2*1-3-5-7-8-6-4-2;1-2-4-6-5-3-1;/h2*1,3-8H2,2H3;1-5H;. The fourth-order valence-electron chi connectivity index (χ4n) is 2.70. The number of nitrogens with one attached hydrogen (secondary N) is 1. The third-order valence-electron chi connectivity index (χ3n) is 4.20. The number of unbranched alkanes of at least 4 members (excludes halogenated alkanes) is 10. The summed E-state index contributed by atoms with van der Waals surface area (Å²) >= 11 is -0.0720. The van der Waals surface area contributed by atoms with Gasteiger partial charge in [-0.2, -0.15) is 0 Å². The molecule has 1 aliphatic heterocycles. The second-order valence-electron chi connectivity index (χ2n) is 6.52. The molecular weight excluding hydrogens is 336 g/mol. The monoisotopic (exact) mass is 373 g/mol. The first-order valence-electron chi connectivity index (χ1n) is 10.1. The van der Waals surface area contributed by atoms with E-state index < -0.39 is 0 Å². The first kappa shape index (κ1) is 22.7. The summed E-state index contributed by atoms with van der Waals surface area (Å²) in [7, 11) is 0. The molecule has 0 aliphatic carbocycles. The van der Waals surface area contributed by atoms with Gasteiger partial charge < -0.3 is 4.84 Å². The molecule has 0 radical (unpaired) electrons. The Balaban J connectivity index is 0.000000664. The average molecular weight is 375 g/mol. The fourth-order valence-corrected chi connectivity index (χ4v) is 6.41. The second kappa shape index (κ2) is 21.7. The van der Waals surface area contributed by atoms with Crippen molar-refractivity contribution in [2.24, 2.45) is 0 Å². The van der Waals surface area contributed by atoms with Crippen LogP contribution in [0.25, 0.3) is 0 Å². The zero-order chi connectivity index (χ0) is 16.8. The van der Waals surface area contributed by atoms with Crippen LogP contribution in [0.5, 0.6) is 0 Å². The van der Waals surface area contributed by atoms with Crippen molar-refractivity contribution in [1.29, 1.82) is 0 Å². The molecule has 1 heterocycles. The van der Waals surface area contributed by atoms with Crippen LogP contribution in [0.15, 0.2) is 24.6 Å². The summed E-state index contributed by atoms with van der Waals surface area (Å²) in [4.78, 5) is 4.55. The number of hydrogen-bond acceptors (Lipinski definition) is 2. The van der Waals surface area contributed by atoms with Crippen LogP contribution >= 0.6 is 0 Å². The summed E-state index contributed by atoms with van der Waals surface area (Å²) in [6.45, 7) is 4.60. The van der Waals surface area contributed by atoms with Crippen molar-refractivity contribution in [3.8, 4) is 0 Å². The van der Waals surface area contributed by atoms with Crippen LogP contribution < -0.4 is 5.48 Å². The third kappa shape index (κ3) is 21.7. The van der Waals surface area contributed by atoms with Crippen LogP contribution in [0.2, 0.25) is 10.0 Å². The maximum absolute atomic E-state index is 4.55. The third-order valence-corrected chi connectivity index (χ3v) is 8.39. The van der Waals surface area contributed by atoms with Crippen molar-refractivity contribution in [3.05, 3.63) is 24.6 Å². The summed E-state index contributed by atoms with van der Waals surface area (Å²) in [6, 6.07) is 0. The molecule has 132 valence electrons.